The van der Waals surface area contributed by atoms with E-state index < -0.39 is 18.1 Å². The van der Waals surface area contributed by atoms with E-state index in [2.05, 4.69) is 19.9 Å². The van der Waals surface area contributed by atoms with E-state index in [1.807, 2.05) is 19.2 Å². The van der Waals surface area contributed by atoms with Crippen LogP contribution in [-0.2, 0) is 20.9 Å². The predicted molar refractivity (Wildman–Crippen MR) is 87.5 cm³/mol. The van der Waals surface area contributed by atoms with Crippen molar-refractivity contribution in [3.8, 4) is 0 Å². The Morgan fingerprint density at radius 1 is 1.39 bits per heavy atom. The molecule has 0 bridgehead atoms. The second-order valence-electron chi connectivity index (χ2n) is 5.78. The molecule has 0 unspecified atom stereocenters. The van der Waals surface area contributed by atoms with E-state index in [-0.39, 0.29) is 12.5 Å². The van der Waals surface area contributed by atoms with Gasteiger partial charge in [-0.1, -0.05) is 13.8 Å². The fourth-order valence-electron chi connectivity index (χ4n) is 2.35. The van der Waals surface area contributed by atoms with Crippen LogP contribution in [0, 0.1) is 5.92 Å². The van der Waals surface area contributed by atoms with Crippen LogP contribution in [0.3, 0.4) is 0 Å². The zero-order valence-corrected chi connectivity index (χ0v) is 14.5. The molecule has 1 aliphatic heterocycles. The maximum atomic E-state index is 11.8. The van der Waals surface area contributed by atoms with Gasteiger partial charge in [0.2, 0.25) is 0 Å². The molecule has 23 heavy (non-hydrogen) atoms. The van der Waals surface area contributed by atoms with Crippen LogP contribution in [0.25, 0.3) is 0 Å². The summed E-state index contributed by atoms with van der Waals surface area (Å²) >= 11 is 1.55. The highest BCUT2D eigenvalue weighted by Gasteiger charge is 2.25. The summed E-state index contributed by atoms with van der Waals surface area (Å²) in [5.74, 6) is -0.571. The van der Waals surface area contributed by atoms with Crippen molar-refractivity contribution in [3.63, 3.8) is 0 Å². The highest BCUT2D eigenvalue weighted by molar-refractivity contribution is 7.13. The Labute approximate surface area is 140 Å². The van der Waals surface area contributed by atoms with Crippen molar-refractivity contribution in [2.24, 2.45) is 5.92 Å². The van der Waals surface area contributed by atoms with Gasteiger partial charge in [-0.05, 0) is 18.8 Å². The maximum Gasteiger partial charge on any atom is 0.408 e. The minimum Gasteiger partial charge on any atom is -0.467 e. The van der Waals surface area contributed by atoms with Crippen molar-refractivity contribution < 1.29 is 19.1 Å². The minimum absolute atomic E-state index is 0.0855. The molecule has 0 saturated carbocycles. The SMILES string of the molecule is COC(=O)[C@@H](NC(=O)OCc1csc(N2CCCC2)n1)C(C)C. The third kappa shape index (κ3) is 4.82. The van der Waals surface area contributed by atoms with Crippen LogP contribution in [0.15, 0.2) is 5.38 Å². The monoisotopic (exact) mass is 341 g/mol. The molecule has 1 aromatic rings. The average molecular weight is 341 g/mol. The molecule has 1 aliphatic rings. The van der Waals surface area contributed by atoms with Gasteiger partial charge in [0.1, 0.15) is 12.6 Å². The highest BCUT2D eigenvalue weighted by Crippen LogP contribution is 2.24. The zero-order valence-electron chi connectivity index (χ0n) is 13.7. The fraction of sp³-hybridized carbons (Fsp3) is 0.667. The Morgan fingerprint density at radius 3 is 2.70 bits per heavy atom. The lowest BCUT2D eigenvalue weighted by atomic mass is 10.1. The van der Waals surface area contributed by atoms with E-state index in [0.29, 0.717) is 5.69 Å². The Kier molecular flexibility index (Phi) is 6.20. The molecule has 1 fully saturated rings. The summed E-state index contributed by atoms with van der Waals surface area (Å²) in [7, 11) is 1.29. The van der Waals surface area contributed by atoms with Crippen molar-refractivity contribution in [1.82, 2.24) is 10.3 Å². The van der Waals surface area contributed by atoms with Gasteiger partial charge in [0.25, 0.3) is 0 Å². The number of methoxy groups -OCH3 is 1. The number of amides is 1. The van der Waals surface area contributed by atoms with Crippen molar-refractivity contribution in [2.75, 3.05) is 25.1 Å². The number of aromatic nitrogens is 1. The molecule has 2 heterocycles. The smallest absolute Gasteiger partial charge is 0.408 e. The second-order valence-corrected chi connectivity index (χ2v) is 6.62. The third-order valence-corrected chi connectivity index (χ3v) is 4.61. The number of nitrogens with one attached hydrogen (secondary N) is 1. The molecule has 128 valence electrons. The minimum atomic E-state index is -0.719. The van der Waals surface area contributed by atoms with E-state index in [9.17, 15) is 9.59 Å². The van der Waals surface area contributed by atoms with Gasteiger partial charge in [-0.25, -0.2) is 14.6 Å². The molecule has 1 N–H and O–H groups in total. The van der Waals surface area contributed by atoms with E-state index in [1.165, 1.54) is 20.0 Å². The predicted octanol–water partition coefficient (Wildman–Crippen LogP) is 2.17. The van der Waals surface area contributed by atoms with E-state index in [1.54, 1.807) is 11.3 Å². The first-order valence-corrected chi connectivity index (χ1v) is 8.59. The molecule has 1 amide bonds. The van der Waals surface area contributed by atoms with Crippen molar-refractivity contribution in [3.05, 3.63) is 11.1 Å². The summed E-state index contributed by atoms with van der Waals surface area (Å²) in [6.07, 6.45) is 1.74. The van der Waals surface area contributed by atoms with Crippen molar-refractivity contribution in [1.29, 1.82) is 0 Å². The molecular weight excluding hydrogens is 318 g/mol. The van der Waals surface area contributed by atoms with Crippen LogP contribution in [0.4, 0.5) is 9.93 Å². The van der Waals surface area contributed by atoms with Crippen LogP contribution >= 0.6 is 11.3 Å². The van der Waals surface area contributed by atoms with Gasteiger partial charge in [0.15, 0.2) is 5.13 Å². The van der Waals surface area contributed by atoms with Crippen LogP contribution in [0.1, 0.15) is 32.4 Å². The number of carbonyl (C=O) groups excluding carboxylic acids is 2. The maximum absolute atomic E-state index is 11.8. The number of nitrogens with zero attached hydrogens (tertiary/aromatic N) is 2. The Bertz CT molecular complexity index is 541. The lowest BCUT2D eigenvalue weighted by Crippen LogP contribution is -2.45. The summed E-state index contributed by atoms with van der Waals surface area (Å²) in [4.78, 5) is 30.2. The normalized spacial score (nSPS) is 15.6. The van der Waals surface area contributed by atoms with E-state index >= 15 is 0 Å². The number of anilines is 1. The highest BCUT2D eigenvalue weighted by atomic mass is 32.1. The van der Waals surface area contributed by atoms with Crippen LogP contribution < -0.4 is 10.2 Å². The molecule has 2 rings (SSSR count). The Balaban J connectivity index is 1.82. The Hall–Kier alpha value is -1.83. The molecule has 0 aromatic carbocycles. The van der Waals surface area contributed by atoms with Crippen molar-refractivity contribution in [2.45, 2.75) is 39.3 Å². The summed E-state index contributed by atoms with van der Waals surface area (Å²) in [5.41, 5.74) is 0.714. The molecule has 1 atom stereocenters. The molecule has 1 saturated heterocycles. The molecule has 0 spiro atoms. The van der Waals surface area contributed by atoms with E-state index in [4.69, 9.17) is 4.74 Å². The molecule has 0 radical (unpaired) electrons. The molecule has 0 aliphatic carbocycles. The lowest BCUT2D eigenvalue weighted by Gasteiger charge is -2.19. The number of hydrogen-bond acceptors (Lipinski definition) is 7. The summed E-state index contributed by atoms with van der Waals surface area (Å²) in [5, 5.41) is 5.39. The molecule has 8 heteroatoms. The average Bonchev–Trinajstić information content (AvgIpc) is 3.20. The van der Waals surface area contributed by atoms with Gasteiger partial charge in [-0.3, -0.25) is 0 Å². The molecule has 1 aromatic heterocycles. The fourth-order valence-corrected chi connectivity index (χ4v) is 3.21. The van der Waals surface area contributed by atoms with Gasteiger partial charge >= 0.3 is 12.1 Å². The van der Waals surface area contributed by atoms with Crippen LogP contribution in [-0.4, -0.2) is 43.3 Å². The van der Waals surface area contributed by atoms with Gasteiger partial charge < -0.3 is 19.7 Å². The number of thiazole rings is 1. The summed E-state index contributed by atoms with van der Waals surface area (Å²) in [6, 6.07) is -0.719. The van der Waals surface area contributed by atoms with Crippen LogP contribution in [0.5, 0.6) is 0 Å². The number of rotatable bonds is 6. The topological polar surface area (TPSA) is 80.8 Å². The number of esters is 1. The van der Waals surface area contributed by atoms with E-state index in [0.717, 1.165) is 18.2 Å². The first-order valence-electron chi connectivity index (χ1n) is 7.71. The number of ether oxygens (including phenoxy) is 2. The number of carbonyl (C=O) groups is 2. The molecular formula is C15H23N3O4S. The van der Waals surface area contributed by atoms with Gasteiger partial charge in [-0.15, -0.1) is 11.3 Å². The quantitative estimate of drug-likeness (QED) is 0.799. The first-order chi connectivity index (χ1) is 11.0. The number of hydrogen-bond donors (Lipinski definition) is 1. The largest absolute Gasteiger partial charge is 0.467 e. The standard InChI is InChI=1S/C15H23N3O4S/c1-10(2)12(13(19)21-3)17-15(20)22-8-11-9-23-14(16-11)18-6-4-5-7-18/h9-10,12H,4-8H2,1-3H3,(H,17,20)/t12-/m0/s1. The number of alkyl carbamates (subject to hydrolysis) is 1. The third-order valence-electron chi connectivity index (χ3n) is 3.66. The van der Waals surface area contributed by atoms with Crippen molar-refractivity contribution >= 4 is 28.5 Å². The lowest BCUT2D eigenvalue weighted by molar-refractivity contribution is -0.144. The first kappa shape index (κ1) is 17.5. The van der Waals surface area contributed by atoms with Gasteiger partial charge in [0, 0.05) is 18.5 Å². The zero-order chi connectivity index (χ0) is 16.8. The van der Waals surface area contributed by atoms with Crippen LogP contribution in [0.2, 0.25) is 0 Å². The van der Waals surface area contributed by atoms with Gasteiger partial charge in [-0.2, -0.15) is 0 Å². The van der Waals surface area contributed by atoms with Gasteiger partial charge in [0.05, 0.1) is 12.8 Å². The molecule has 7 nitrogen and oxygen atoms in total. The summed E-state index contributed by atoms with van der Waals surface area (Å²) in [6.45, 7) is 5.80. The second kappa shape index (κ2) is 8.14. The Morgan fingerprint density at radius 2 is 2.09 bits per heavy atom. The summed E-state index contributed by atoms with van der Waals surface area (Å²) < 4.78 is 9.82.